The van der Waals surface area contributed by atoms with E-state index in [2.05, 4.69) is 10.2 Å². The minimum absolute atomic E-state index is 0.0916. The van der Waals surface area contributed by atoms with E-state index in [1.807, 2.05) is 0 Å². The van der Waals surface area contributed by atoms with Crippen LogP contribution in [0.25, 0.3) is 0 Å². The molecule has 2 rings (SSSR count). The lowest BCUT2D eigenvalue weighted by Gasteiger charge is -2.27. The molecule has 2 N–H and O–H groups in total. The summed E-state index contributed by atoms with van der Waals surface area (Å²) in [4.78, 5) is 2.19. The van der Waals surface area contributed by atoms with E-state index in [4.69, 9.17) is 0 Å². The van der Waals surface area contributed by atoms with Crippen LogP contribution in [0, 0.1) is 5.92 Å². The predicted octanol–water partition coefficient (Wildman–Crippen LogP) is -1.08. The monoisotopic (exact) mass is 291 g/mol. The van der Waals surface area contributed by atoms with Crippen LogP contribution in [0.3, 0.4) is 0 Å². The Balaban J connectivity index is 1.81. The summed E-state index contributed by atoms with van der Waals surface area (Å²) in [5.74, 6) is 0.286. The molecule has 2 saturated heterocycles. The van der Waals surface area contributed by atoms with Gasteiger partial charge in [-0.25, -0.2) is 12.7 Å². The van der Waals surface area contributed by atoms with Gasteiger partial charge in [-0.1, -0.05) is 0 Å². The topological polar surface area (TPSA) is 72.9 Å². The third-order valence-electron chi connectivity index (χ3n) is 4.14. The lowest BCUT2D eigenvalue weighted by Crippen LogP contribution is -2.46. The van der Waals surface area contributed by atoms with Crippen LogP contribution in [-0.2, 0) is 10.0 Å². The summed E-state index contributed by atoms with van der Waals surface area (Å²) in [6.07, 6.45) is 0.346. The highest BCUT2D eigenvalue weighted by Crippen LogP contribution is 2.22. The van der Waals surface area contributed by atoms with Crippen LogP contribution >= 0.6 is 0 Å². The van der Waals surface area contributed by atoms with Crippen molar-refractivity contribution in [1.82, 2.24) is 14.5 Å². The van der Waals surface area contributed by atoms with Crippen LogP contribution in [0.1, 0.15) is 13.3 Å². The lowest BCUT2D eigenvalue weighted by atomic mass is 10.0. The Hall–Kier alpha value is -0.210. The number of hydrogen-bond donors (Lipinski definition) is 2. The number of sulfonamides is 1. The van der Waals surface area contributed by atoms with Crippen LogP contribution in [0.2, 0.25) is 0 Å². The first-order valence-corrected chi connectivity index (χ1v) is 8.69. The molecular formula is C12H25N3O3S. The first-order valence-electron chi connectivity index (χ1n) is 7.08. The standard InChI is InChI=1S/C12H25N3O3S/c1-11(16)12-2-5-15(10-12)19(17,18)9-8-14-6-3-13-4-7-14/h11-13,16H,2-10H2,1H3. The van der Waals surface area contributed by atoms with E-state index in [-0.39, 0.29) is 11.7 Å². The molecule has 0 aromatic heterocycles. The molecule has 2 fully saturated rings. The fourth-order valence-electron chi connectivity index (χ4n) is 2.71. The van der Waals surface area contributed by atoms with E-state index >= 15 is 0 Å². The van der Waals surface area contributed by atoms with Crippen molar-refractivity contribution in [2.75, 3.05) is 51.6 Å². The Morgan fingerprint density at radius 2 is 2.00 bits per heavy atom. The fourth-order valence-corrected chi connectivity index (χ4v) is 4.26. The predicted molar refractivity (Wildman–Crippen MR) is 74.5 cm³/mol. The summed E-state index contributed by atoms with van der Waals surface area (Å²) in [5, 5.41) is 12.8. The number of aliphatic hydroxyl groups is 1. The van der Waals surface area contributed by atoms with Crippen LogP contribution in [0.15, 0.2) is 0 Å². The van der Waals surface area contributed by atoms with E-state index < -0.39 is 16.1 Å². The van der Waals surface area contributed by atoms with Gasteiger partial charge < -0.3 is 10.4 Å². The molecule has 6 nitrogen and oxygen atoms in total. The average Bonchev–Trinajstić information content (AvgIpc) is 2.88. The average molecular weight is 291 g/mol. The third kappa shape index (κ3) is 4.13. The van der Waals surface area contributed by atoms with Crippen molar-refractivity contribution < 1.29 is 13.5 Å². The van der Waals surface area contributed by atoms with Crippen molar-refractivity contribution in [3.63, 3.8) is 0 Å². The second-order valence-corrected chi connectivity index (χ2v) is 7.64. The molecule has 19 heavy (non-hydrogen) atoms. The zero-order valence-electron chi connectivity index (χ0n) is 11.6. The molecule has 0 saturated carbocycles. The van der Waals surface area contributed by atoms with E-state index in [0.717, 1.165) is 32.6 Å². The maximum Gasteiger partial charge on any atom is 0.215 e. The molecule has 2 aliphatic heterocycles. The van der Waals surface area contributed by atoms with Crippen LogP contribution in [0.5, 0.6) is 0 Å². The smallest absolute Gasteiger partial charge is 0.215 e. The quantitative estimate of drug-likeness (QED) is 0.674. The van der Waals surface area contributed by atoms with Gasteiger partial charge in [-0.15, -0.1) is 0 Å². The molecule has 112 valence electrons. The molecule has 2 heterocycles. The molecule has 0 aromatic rings. The van der Waals surface area contributed by atoms with Crippen molar-refractivity contribution >= 4 is 10.0 Å². The molecular weight excluding hydrogens is 266 g/mol. The third-order valence-corrected chi connectivity index (χ3v) is 5.96. The van der Waals surface area contributed by atoms with Gasteiger partial charge >= 0.3 is 0 Å². The normalized spacial score (nSPS) is 28.6. The molecule has 2 atom stereocenters. The van der Waals surface area contributed by atoms with Crippen molar-refractivity contribution in [3.05, 3.63) is 0 Å². The van der Waals surface area contributed by atoms with Gasteiger partial charge in [0.2, 0.25) is 10.0 Å². The minimum atomic E-state index is -3.17. The second-order valence-electron chi connectivity index (χ2n) is 5.56. The minimum Gasteiger partial charge on any atom is -0.393 e. The molecule has 0 radical (unpaired) electrons. The first kappa shape index (κ1) is 15.2. The van der Waals surface area contributed by atoms with Gasteiger partial charge in [0.05, 0.1) is 11.9 Å². The molecule has 0 aromatic carbocycles. The highest BCUT2D eigenvalue weighted by molar-refractivity contribution is 7.89. The van der Waals surface area contributed by atoms with Gasteiger partial charge in [0.25, 0.3) is 0 Å². The molecule has 2 unspecified atom stereocenters. The highest BCUT2D eigenvalue weighted by atomic mass is 32.2. The first-order chi connectivity index (χ1) is 8.99. The molecule has 0 spiro atoms. The Bertz CT molecular complexity index is 380. The van der Waals surface area contributed by atoms with Crippen molar-refractivity contribution in [2.24, 2.45) is 5.92 Å². The Kier molecular flexibility index (Phi) is 5.19. The molecule has 2 aliphatic rings. The number of piperazine rings is 1. The Morgan fingerprint density at radius 1 is 1.32 bits per heavy atom. The van der Waals surface area contributed by atoms with Crippen molar-refractivity contribution in [1.29, 1.82) is 0 Å². The number of aliphatic hydroxyl groups excluding tert-OH is 1. The van der Waals surface area contributed by atoms with Crippen molar-refractivity contribution in [3.8, 4) is 0 Å². The Labute approximate surface area is 115 Å². The summed E-state index contributed by atoms with van der Waals surface area (Å²) in [5.41, 5.74) is 0. The maximum atomic E-state index is 12.2. The number of nitrogens with one attached hydrogen (secondary N) is 1. The number of nitrogens with zero attached hydrogens (tertiary/aromatic N) is 2. The summed E-state index contributed by atoms with van der Waals surface area (Å²) >= 11 is 0. The van der Waals surface area contributed by atoms with Crippen LogP contribution in [0.4, 0.5) is 0 Å². The molecule has 0 amide bonds. The van der Waals surface area contributed by atoms with Gasteiger partial charge in [0, 0.05) is 45.8 Å². The largest absolute Gasteiger partial charge is 0.393 e. The molecule has 7 heteroatoms. The Morgan fingerprint density at radius 3 is 2.58 bits per heavy atom. The maximum absolute atomic E-state index is 12.2. The second kappa shape index (κ2) is 6.49. The fraction of sp³-hybridized carbons (Fsp3) is 1.00. The van der Waals surface area contributed by atoms with Crippen molar-refractivity contribution in [2.45, 2.75) is 19.4 Å². The summed E-state index contributed by atoms with van der Waals surface area (Å²) in [6.45, 7) is 7.10. The summed E-state index contributed by atoms with van der Waals surface area (Å²) in [6, 6.07) is 0. The van der Waals surface area contributed by atoms with E-state index in [0.29, 0.717) is 19.6 Å². The summed E-state index contributed by atoms with van der Waals surface area (Å²) < 4.78 is 26.0. The molecule has 0 aliphatic carbocycles. The van der Waals surface area contributed by atoms with Gasteiger partial charge in [-0.05, 0) is 19.3 Å². The number of rotatable bonds is 5. The highest BCUT2D eigenvalue weighted by Gasteiger charge is 2.33. The van der Waals surface area contributed by atoms with E-state index in [1.54, 1.807) is 11.2 Å². The van der Waals surface area contributed by atoms with Gasteiger partial charge in [0.15, 0.2) is 0 Å². The van der Waals surface area contributed by atoms with Gasteiger partial charge in [-0.2, -0.15) is 0 Å². The number of hydrogen-bond acceptors (Lipinski definition) is 5. The van der Waals surface area contributed by atoms with Crippen LogP contribution < -0.4 is 5.32 Å². The van der Waals surface area contributed by atoms with E-state index in [9.17, 15) is 13.5 Å². The zero-order chi connectivity index (χ0) is 13.9. The van der Waals surface area contributed by atoms with Gasteiger partial charge in [0.1, 0.15) is 0 Å². The zero-order valence-corrected chi connectivity index (χ0v) is 12.4. The van der Waals surface area contributed by atoms with E-state index in [1.165, 1.54) is 0 Å². The SMILES string of the molecule is CC(O)C1CCN(S(=O)(=O)CCN2CCNCC2)C1. The van der Waals surface area contributed by atoms with Crippen LogP contribution in [-0.4, -0.2) is 80.4 Å². The van der Waals surface area contributed by atoms with Gasteiger partial charge in [-0.3, -0.25) is 4.90 Å². The lowest BCUT2D eigenvalue weighted by molar-refractivity contribution is 0.133. The summed E-state index contributed by atoms with van der Waals surface area (Å²) in [7, 11) is -3.17. The molecule has 0 bridgehead atoms.